The zero-order valence-corrected chi connectivity index (χ0v) is 12.0. The van der Waals surface area contributed by atoms with Crippen LogP contribution >= 0.6 is 0 Å². The van der Waals surface area contributed by atoms with Crippen LogP contribution in [-0.4, -0.2) is 23.0 Å². The molecule has 0 heterocycles. The number of rotatable bonds is 5. The van der Waals surface area contributed by atoms with Gasteiger partial charge in [0.1, 0.15) is 0 Å². The van der Waals surface area contributed by atoms with Gasteiger partial charge in [0.15, 0.2) is 8.32 Å². The summed E-state index contributed by atoms with van der Waals surface area (Å²) in [5.74, 6) is 0. The average Bonchev–Trinajstić information content (AvgIpc) is 1.81. The minimum atomic E-state index is -1.28. The van der Waals surface area contributed by atoms with Crippen molar-refractivity contribution >= 4 is 16.4 Å². The van der Waals surface area contributed by atoms with Crippen molar-refractivity contribution in [1.82, 2.24) is 0 Å². The van der Waals surface area contributed by atoms with Crippen molar-refractivity contribution in [3.63, 3.8) is 0 Å². The van der Waals surface area contributed by atoms with Crippen molar-refractivity contribution in [1.29, 1.82) is 0 Å². The molecule has 0 spiro atoms. The Hall–Kier alpha value is 0.134. The van der Waals surface area contributed by atoms with E-state index in [9.17, 15) is 0 Å². The highest BCUT2D eigenvalue weighted by Crippen LogP contribution is 2.05. The molecule has 0 bridgehead atoms. The lowest BCUT2D eigenvalue weighted by Gasteiger charge is -2.16. The highest BCUT2D eigenvalue weighted by Gasteiger charge is 2.12. The predicted molar refractivity (Wildman–Crippen MR) is 66.4 cm³/mol. The van der Waals surface area contributed by atoms with Gasteiger partial charge >= 0.3 is 0 Å². The largest absolute Gasteiger partial charge is 0.417 e. The average molecular weight is 216 g/mol. The van der Waals surface area contributed by atoms with Crippen LogP contribution in [0.25, 0.3) is 0 Å². The van der Waals surface area contributed by atoms with E-state index < -0.39 is 16.4 Å². The van der Waals surface area contributed by atoms with E-state index in [0.717, 1.165) is 13.0 Å². The van der Waals surface area contributed by atoms with Gasteiger partial charge in [0.25, 0.3) is 0 Å². The van der Waals surface area contributed by atoms with Gasteiger partial charge < -0.3 is 4.43 Å². The fourth-order valence-electron chi connectivity index (χ4n) is 0.870. The van der Waals surface area contributed by atoms with Crippen molar-refractivity contribution in [2.24, 2.45) is 0 Å². The van der Waals surface area contributed by atoms with Gasteiger partial charge in [-0.15, -0.1) is 0 Å². The van der Waals surface area contributed by atoms with E-state index in [1.165, 1.54) is 0 Å². The summed E-state index contributed by atoms with van der Waals surface area (Å²) in [7, 11) is -2.25. The Morgan fingerprint density at radius 3 is 1.92 bits per heavy atom. The first-order chi connectivity index (χ1) is 5.71. The normalized spacial score (nSPS) is 14.0. The highest BCUT2D eigenvalue weighted by atomic mass is 28.4. The van der Waals surface area contributed by atoms with E-state index in [1.807, 2.05) is 0 Å². The van der Waals surface area contributed by atoms with Crippen molar-refractivity contribution in [2.45, 2.75) is 45.7 Å². The molecule has 0 aromatic rings. The van der Waals surface area contributed by atoms with E-state index in [2.05, 4.69) is 51.1 Å². The molecule has 78 valence electrons. The van der Waals surface area contributed by atoms with Gasteiger partial charge in [0.2, 0.25) is 0 Å². The molecule has 0 aromatic carbocycles. The van der Waals surface area contributed by atoms with E-state index in [0.29, 0.717) is 0 Å². The summed E-state index contributed by atoms with van der Waals surface area (Å²) in [6.45, 7) is 14.6. The molecule has 13 heavy (non-hydrogen) atoms. The maximum Gasteiger partial charge on any atom is 0.183 e. The molecule has 0 aliphatic heterocycles. The molecule has 0 N–H and O–H groups in total. The second-order valence-corrected chi connectivity index (χ2v) is 15.1. The van der Waals surface area contributed by atoms with E-state index >= 15 is 0 Å². The summed E-state index contributed by atoms with van der Waals surface area (Å²) in [6.07, 6.45) is 3.36. The molecular weight excluding hydrogens is 192 g/mol. The topological polar surface area (TPSA) is 9.23 Å². The Morgan fingerprint density at radius 2 is 1.54 bits per heavy atom. The second kappa shape index (κ2) is 5.12. The maximum atomic E-state index is 5.75. The molecule has 0 saturated heterocycles. The molecule has 0 rings (SSSR count). The van der Waals surface area contributed by atoms with Gasteiger partial charge in [-0.25, -0.2) is 0 Å². The van der Waals surface area contributed by atoms with Crippen LogP contribution in [0.1, 0.15) is 6.42 Å². The molecule has 0 atom stereocenters. The summed E-state index contributed by atoms with van der Waals surface area (Å²) >= 11 is 0. The monoisotopic (exact) mass is 216 g/mol. The first kappa shape index (κ1) is 13.1. The van der Waals surface area contributed by atoms with Gasteiger partial charge in [-0.05, 0) is 26.1 Å². The lowest BCUT2D eigenvalue weighted by Crippen LogP contribution is -2.25. The third-order valence-electron chi connectivity index (χ3n) is 1.44. The molecule has 1 nitrogen and oxygen atoms in total. The third-order valence-corrected chi connectivity index (χ3v) is 3.74. The molecule has 0 aliphatic rings. The standard InChI is InChI=1S/C10H24OSi2/c1-12(2,3)10-8-7-9-11-13(4,5)6/h8,10H,7,9H2,1-6H3/b10-8+. The molecule has 0 unspecified atom stereocenters. The first-order valence-electron chi connectivity index (χ1n) is 5.02. The van der Waals surface area contributed by atoms with Crippen LogP contribution in [0, 0.1) is 0 Å². The quantitative estimate of drug-likeness (QED) is 0.503. The van der Waals surface area contributed by atoms with E-state index in [1.54, 1.807) is 0 Å². The van der Waals surface area contributed by atoms with E-state index in [-0.39, 0.29) is 0 Å². The summed E-state index contributed by atoms with van der Waals surface area (Å²) in [5.41, 5.74) is 2.39. The maximum absolute atomic E-state index is 5.75. The van der Waals surface area contributed by atoms with Crippen LogP contribution in [0.15, 0.2) is 11.8 Å². The molecule has 0 aromatic heterocycles. The summed E-state index contributed by atoms with van der Waals surface area (Å²) < 4.78 is 5.75. The minimum Gasteiger partial charge on any atom is -0.417 e. The van der Waals surface area contributed by atoms with Crippen LogP contribution in [0.2, 0.25) is 39.3 Å². The number of hydrogen-bond donors (Lipinski definition) is 0. The number of hydrogen-bond acceptors (Lipinski definition) is 1. The van der Waals surface area contributed by atoms with Gasteiger partial charge in [0, 0.05) is 6.61 Å². The molecule has 0 fully saturated rings. The van der Waals surface area contributed by atoms with Crippen LogP contribution < -0.4 is 0 Å². The van der Waals surface area contributed by atoms with Crippen molar-refractivity contribution in [2.75, 3.05) is 6.61 Å². The van der Waals surface area contributed by atoms with Gasteiger partial charge in [-0.1, -0.05) is 31.4 Å². The fraction of sp³-hybridized carbons (Fsp3) is 0.800. The van der Waals surface area contributed by atoms with Crippen molar-refractivity contribution < 1.29 is 4.43 Å². The molecular formula is C10H24OSi2. The first-order valence-corrected chi connectivity index (χ1v) is 12.0. The summed E-state index contributed by atoms with van der Waals surface area (Å²) in [5, 5.41) is 0. The van der Waals surface area contributed by atoms with Crippen LogP contribution in [0.5, 0.6) is 0 Å². The minimum absolute atomic E-state index is 0.900. The zero-order chi connectivity index (χ0) is 10.5. The molecule has 0 aliphatic carbocycles. The third kappa shape index (κ3) is 12.1. The van der Waals surface area contributed by atoms with Gasteiger partial charge in [-0.2, -0.15) is 0 Å². The Morgan fingerprint density at radius 1 is 1.00 bits per heavy atom. The van der Waals surface area contributed by atoms with E-state index in [4.69, 9.17) is 4.43 Å². The summed E-state index contributed by atoms with van der Waals surface area (Å²) in [4.78, 5) is 0. The Kier molecular flexibility index (Phi) is 5.18. The Balaban J connectivity index is 3.53. The predicted octanol–water partition coefficient (Wildman–Crippen LogP) is 3.66. The Bertz CT molecular complexity index is 163. The SMILES string of the molecule is C[Si](C)(C)/C=C/CCO[Si](C)(C)C. The molecule has 0 radical (unpaired) electrons. The summed E-state index contributed by atoms with van der Waals surface area (Å²) in [6, 6.07) is 0. The lowest BCUT2D eigenvalue weighted by molar-refractivity contribution is 0.319. The highest BCUT2D eigenvalue weighted by molar-refractivity contribution is 6.80. The molecule has 0 amide bonds. The van der Waals surface area contributed by atoms with Crippen molar-refractivity contribution in [3.05, 3.63) is 11.8 Å². The van der Waals surface area contributed by atoms with Crippen LogP contribution in [0.4, 0.5) is 0 Å². The van der Waals surface area contributed by atoms with Gasteiger partial charge in [0.05, 0.1) is 8.07 Å². The fourth-order valence-corrected chi connectivity index (χ4v) is 2.47. The Labute approximate surface area is 85.3 Å². The lowest BCUT2D eigenvalue weighted by atomic mass is 10.5. The van der Waals surface area contributed by atoms with Crippen LogP contribution in [-0.2, 0) is 4.43 Å². The van der Waals surface area contributed by atoms with Crippen LogP contribution in [0.3, 0.4) is 0 Å². The molecule has 0 saturated carbocycles. The molecule has 3 heteroatoms. The van der Waals surface area contributed by atoms with Gasteiger partial charge in [-0.3, -0.25) is 0 Å². The second-order valence-electron chi connectivity index (χ2n) is 5.52. The zero-order valence-electron chi connectivity index (χ0n) is 9.98. The van der Waals surface area contributed by atoms with Crippen molar-refractivity contribution in [3.8, 4) is 0 Å². The smallest absolute Gasteiger partial charge is 0.183 e.